The van der Waals surface area contributed by atoms with Gasteiger partial charge in [0.05, 0.1) is 6.04 Å². The summed E-state index contributed by atoms with van der Waals surface area (Å²) in [5, 5.41) is 26.3. The molecule has 3 amide bonds. The molecule has 0 aliphatic rings. The lowest BCUT2D eigenvalue weighted by Gasteiger charge is -2.25. The van der Waals surface area contributed by atoms with Crippen LogP contribution >= 0.6 is 11.8 Å². The fourth-order valence-corrected chi connectivity index (χ4v) is 3.64. The normalized spacial score (nSPS) is 13.9. The Balaban J connectivity index is 3.08. The van der Waals surface area contributed by atoms with Crippen molar-refractivity contribution in [3.8, 4) is 5.75 Å². The zero-order valence-electron chi connectivity index (χ0n) is 21.0. The Morgan fingerprint density at radius 3 is 2.14 bits per heavy atom. The number of aliphatic imine (C=N–C) groups is 1. The summed E-state index contributed by atoms with van der Waals surface area (Å²) >= 11 is 1.53. The fraction of sp³-hybridized carbons (Fsp3) is 0.522. The maximum atomic E-state index is 13.2. The number of carbonyl (C=O) groups excluding carboxylic acids is 3. The van der Waals surface area contributed by atoms with Gasteiger partial charge < -0.3 is 43.4 Å². The number of nitrogens with one attached hydrogen (secondary N) is 3. The molecule has 0 aromatic heterocycles. The number of phenolic OH excluding ortho intramolecular Hbond substituents is 1. The second-order valence-corrected chi connectivity index (χ2v) is 9.38. The highest BCUT2D eigenvalue weighted by Crippen LogP contribution is 2.12. The standard InChI is InChI=1S/C23H37N7O6S/c1-13(22(35)36)28-21(34)18(12-14-5-7-15(31)8-6-14)30-20(33)17(4-3-10-27-23(25)26)29-19(32)16(24)9-11-37-2/h5-8,13,16-18,31H,3-4,9-12,24H2,1-2H3,(H,28,34)(H,29,32)(H,30,33)(H,35,36)(H4,25,26,27). The number of guanidine groups is 1. The molecule has 14 heteroatoms. The summed E-state index contributed by atoms with van der Waals surface area (Å²) in [5.74, 6) is -2.57. The molecule has 0 aliphatic carbocycles. The number of thioether (sulfide) groups is 1. The topological polar surface area (TPSA) is 235 Å². The molecule has 0 radical (unpaired) electrons. The molecule has 37 heavy (non-hydrogen) atoms. The van der Waals surface area contributed by atoms with E-state index < -0.39 is 47.9 Å². The number of aromatic hydroxyl groups is 1. The average Bonchev–Trinajstić information content (AvgIpc) is 2.84. The van der Waals surface area contributed by atoms with Crippen molar-refractivity contribution >= 4 is 41.4 Å². The third-order valence-corrected chi connectivity index (χ3v) is 5.93. The number of nitrogens with two attached hydrogens (primary N) is 3. The minimum absolute atomic E-state index is 0.00605. The predicted octanol–water partition coefficient (Wildman–Crippen LogP) is -1.37. The van der Waals surface area contributed by atoms with Gasteiger partial charge in [-0.15, -0.1) is 0 Å². The highest BCUT2D eigenvalue weighted by molar-refractivity contribution is 7.98. The molecule has 11 N–H and O–H groups in total. The van der Waals surface area contributed by atoms with Gasteiger partial charge in [-0.2, -0.15) is 11.8 Å². The van der Waals surface area contributed by atoms with Crippen molar-refractivity contribution in [3.63, 3.8) is 0 Å². The first-order valence-electron chi connectivity index (χ1n) is 11.7. The number of amides is 3. The molecule has 13 nitrogen and oxygen atoms in total. The van der Waals surface area contributed by atoms with Crippen LogP contribution in [0.5, 0.6) is 5.75 Å². The van der Waals surface area contributed by atoms with Gasteiger partial charge >= 0.3 is 5.97 Å². The summed E-state index contributed by atoms with van der Waals surface area (Å²) in [4.78, 5) is 53.8. The van der Waals surface area contributed by atoms with Gasteiger partial charge in [-0.1, -0.05) is 12.1 Å². The Kier molecular flexibility index (Phi) is 13.9. The van der Waals surface area contributed by atoms with Crippen molar-refractivity contribution in [2.45, 2.75) is 56.8 Å². The number of rotatable bonds is 16. The largest absolute Gasteiger partial charge is 0.508 e. The number of carboxylic acids is 1. The molecule has 0 spiro atoms. The molecule has 1 aromatic rings. The van der Waals surface area contributed by atoms with Crippen LogP contribution in [0.15, 0.2) is 29.3 Å². The fourth-order valence-electron chi connectivity index (χ4n) is 3.15. The molecular weight excluding hydrogens is 502 g/mol. The van der Waals surface area contributed by atoms with E-state index in [9.17, 15) is 24.3 Å². The Morgan fingerprint density at radius 2 is 1.57 bits per heavy atom. The molecule has 4 atom stereocenters. The van der Waals surface area contributed by atoms with Crippen LogP contribution in [0, 0.1) is 0 Å². The summed E-state index contributed by atoms with van der Waals surface area (Å²) in [5.41, 5.74) is 17.2. The van der Waals surface area contributed by atoms with Crippen molar-refractivity contribution < 1.29 is 29.4 Å². The second-order valence-electron chi connectivity index (χ2n) is 8.40. The Bertz CT molecular complexity index is 940. The number of carbonyl (C=O) groups is 4. The van der Waals surface area contributed by atoms with Crippen LogP contribution in [0.25, 0.3) is 0 Å². The number of benzene rings is 1. The summed E-state index contributed by atoms with van der Waals surface area (Å²) in [6.45, 7) is 1.51. The summed E-state index contributed by atoms with van der Waals surface area (Å²) in [7, 11) is 0. The molecule has 0 fully saturated rings. The van der Waals surface area contributed by atoms with Crippen LogP contribution < -0.4 is 33.2 Å². The van der Waals surface area contributed by atoms with Crippen LogP contribution in [0.3, 0.4) is 0 Å². The SMILES string of the molecule is CSCCC(N)C(=O)NC(CCCN=C(N)N)C(=O)NC(Cc1ccc(O)cc1)C(=O)NC(C)C(=O)O. The molecule has 1 rings (SSSR count). The van der Waals surface area contributed by atoms with Crippen LogP contribution in [0.2, 0.25) is 0 Å². The number of aliphatic carboxylic acids is 1. The van der Waals surface area contributed by atoms with E-state index in [1.165, 1.54) is 30.8 Å². The minimum Gasteiger partial charge on any atom is -0.508 e. The van der Waals surface area contributed by atoms with E-state index in [2.05, 4.69) is 20.9 Å². The first kappa shape index (κ1) is 31.5. The van der Waals surface area contributed by atoms with Gasteiger partial charge in [0.1, 0.15) is 23.9 Å². The molecule has 1 aromatic carbocycles. The predicted molar refractivity (Wildman–Crippen MR) is 142 cm³/mol. The maximum absolute atomic E-state index is 13.2. The molecule has 206 valence electrons. The molecule has 0 bridgehead atoms. The first-order valence-corrected chi connectivity index (χ1v) is 13.1. The van der Waals surface area contributed by atoms with Crippen LogP contribution in [0.4, 0.5) is 0 Å². The highest BCUT2D eigenvalue weighted by atomic mass is 32.2. The Hall–Kier alpha value is -3.52. The van der Waals surface area contributed by atoms with Crippen molar-refractivity contribution in [3.05, 3.63) is 29.8 Å². The van der Waals surface area contributed by atoms with Gasteiger partial charge in [-0.3, -0.25) is 24.2 Å². The number of hydrogen-bond acceptors (Lipinski definition) is 8. The molecule has 0 saturated heterocycles. The van der Waals surface area contributed by atoms with Crippen molar-refractivity contribution in [2.24, 2.45) is 22.2 Å². The average molecular weight is 540 g/mol. The van der Waals surface area contributed by atoms with Gasteiger partial charge in [-0.05, 0) is 55.9 Å². The number of carboxylic acid groups (broad SMARTS) is 1. The van der Waals surface area contributed by atoms with Gasteiger partial charge in [0.25, 0.3) is 0 Å². The van der Waals surface area contributed by atoms with E-state index in [1.54, 1.807) is 12.1 Å². The maximum Gasteiger partial charge on any atom is 0.325 e. The highest BCUT2D eigenvalue weighted by Gasteiger charge is 2.29. The third kappa shape index (κ3) is 12.3. The molecule has 0 aliphatic heterocycles. The lowest BCUT2D eigenvalue weighted by molar-refractivity contribution is -0.141. The van der Waals surface area contributed by atoms with Crippen molar-refractivity contribution in [1.82, 2.24) is 16.0 Å². The van der Waals surface area contributed by atoms with E-state index in [-0.39, 0.29) is 31.1 Å². The van der Waals surface area contributed by atoms with E-state index in [0.29, 0.717) is 24.2 Å². The van der Waals surface area contributed by atoms with E-state index in [4.69, 9.17) is 22.3 Å². The molecule has 4 unspecified atom stereocenters. The zero-order valence-corrected chi connectivity index (χ0v) is 21.8. The smallest absolute Gasteiger partial charge is 0.325 e. The van der Waals surface area contributed by atoms with Crippen molar-refractivity contribution in [2.75, 3.05) is 18.6 Å². The van der Waals surface area contributed by atoms with Gasteiger partial charge in [-0.25, -0.2) is 0 Å². The van der Waals surface area contributed by atoms with Crippen LogP contribution in [-0.4, -0.2) is 82.6 Å². The Morgan fingerprint density at radius 1 is 0.973 bits per heavy atom. The van der Waals surface area contributed by atoms with Crippen LogP contribution in [0.1, 0.15) is 31.7 Å². The van der Waals surface area contributed by atoms with Gasteiger partial charge in [0, 0.05) is 13.0 Å². The van der Waals surface area contributed by atoms with Gasteiger partial charge in [0.15, 0.2) is 5.96 Å². The lowest BCUT2D eigenvalue weighted by atomic mass is 10.0. The molecule has 0 saturated carbocycles. The number of hydrogen-bond donors (Lipinski definition) is 8. The van der Waals surface area contributed by atoms with E-state index >= 15 is 0 Å². The van der Waals surface area contributed by atoms with E-state index in [0.717, 1.165) is 0 Å². The number of nitrogens with zero attached hydrogens (tertiary/aromatic N) is 1. The second kappa shape index (κ2) is 16.3. The quantitative estimate of drug-likeness (QED) is 0.0696. The molecule has 0 heterocycles. The summed E-state index contributed by atoms with van der Waals surface area (Å²) in [6.07, 6.45) is 2.80. The third-order valence-electron chi connectivity index (χ3n) is 5.29. The monoisotopic (exact) mass is 539 g/mol. The number of phenols is 1. The van der Waals surface area contributed by atoms with Crippen LogP contribution in [-0.2, 0) is 25.6 Å². The summed E-state index contributed by atoms with van der Waals surface area (Å²) in [6, 6.07) is 1.76. The van der Waals surface area contributed by atoms with Crippen molar-refractivity contribution in [1.29, 1.82) is 0 Å². The Labute approximate surface area is 220 Å². The zero-order chi connectivity index (χ0) is 28.0. The molecular formula is C23H37N7O6S. The van der Waals surface area contributed by atoms with E-state index in [1.807, 2.05) is 6.26 Å². The first-order chi connectivity index (χ1) is 17.4. The van der Waals surface area contributed by atoms with Gasteiger partial charge in [0.2, 0.25) is 17.7 Å². The minimum atomic E-state index is -1.24. The lowest BCUT2D eigenvalue weighted by Crippen LogP contribution is -2.57. The summed E-state index contributed by atoms with van der Waals surface area (Å²) < 4.78 is 0.